The molecule has 0 saturated heterocycles. The molecule has 0 amide bonds. The molecule has 1 fully saturated rings. The Hall–Kier alpha value is -3.32. The summed E-state index contributed by atoms with van der Waals surface area (Å²) in [5.41, 5.74) is 1.33. The molecule has 0 unspecified atom stereocenters. The fourth-order valence-electron chi connectivity index (χ4n) is 4.14. The van der Waals surface area contributed by atoms with Crippen molar-refractivity contribution in [1.82, 2.24) is 23.9 Å². The number of nitrogens with zero attached hydrogens (tertiary/aromatic N) is 6. The molecule has 1 saturated carbocycles. The molecule has 0 bridgehead atoms. The maximum atomic E-state index is 13.7. The van der Waals surface area contributed by atoms with Gasteiger partial charge in [-0.15, -0.1) is 11.3 Å². The van der Waals surface area contributed by atoms with Gasteiger partial charge < -0.3 is 0 Å². The van der Waals surface area contributed by atoms with E-state index in [0.717, 1.165) is 8.87 Å². The van der Waals surface area contributed by atoms with Crippen LogP contribution in [0.2, 0.25) is 0 Å². The molecule has 13 heteroatoms. The van der Waals surface area contributed by atoms with Crippen LogP contribution in [0.4, 0.5) is 10.1 Å². The lowest BCUT2D eigenvalue weighted by Crippen LogP contribution is -2.41. The first-order valence-corrected chi connectivity index (χ1v) is 12.5. The van der Waals surface area contributed by atoms with E-state index in [0.29, 0.717) is 29.6 Å². The third-order valence-electron chi connectivity index (χ3n) is 6.04. The highest BCUT2D eigenvalue weighted by atomic mass is 32.2. The Morgan fingerprint density at radius 1 is 1.21 bits per heavy atom. The molecule has 1 aliphatic rings. The fraction of sp³-hybridized carbons (Fsp3) is 0.333. The van der Waals surface area contributed by atoms with Crippen molar-refractivity contribution in [3.05, 3.63) is 73.6 Å². The molecule has 1 aromatic carbocycles. The highest BCUT2D eigenvalue weighted by molar-refractivity contribution is 7.74. The van der Waals surface area contributed by atoms with Gasteiger partial charge in [-0.3, -0.25) is 22.9 Å². The van der Waals surface area contributed by atoms with Gasteiger partial charge in [0, 0.05) is 24.2 Å². The normalized spacial score (nSPS) is 14.7. The van der Waals surface area contributed by atoms with Crippen LogP contribution in [0, 0.1) is 0 Å². The zero-order chi connectivity index (χ0) is 24.0. The molecule has 4 aromatic rings. The van der Waals surface area contributed by atoms with E-state index in [1.54, 1.807) is 29.6 Å². The summed E-state index contributed by atoms with van der Waals surface area (Å²) in [6, 6.07) is 4.47. The molecule has 0 spiro atoms. The first kappa shape index (κ1) is 22.5. The smallest absolute Gasteiger partial charge is 0.287 e. The zero-order valence-corrected chi connectivity index (χ0v) is 19.8. The van der Waals surface area contributed by atoms with Crippen molar-refractivity contribution in [3.63, 3.8) is 0 Å². The third-order valence-corrected chi connectivity index (χ3v) is 7.66. The van der Waals surface area contributed by atoms with Crippen molar-refractivity contribution in [2.45, 2.75) is 31.5 Å². The fourth-order valence-corrected chi connectivity index (χ4v) is 5.60. The van der Waals surface area contributed by atoms with Crippen LogP contribution in [0.25, 0.3) is 10.9 Å². The summed E-state index contributed by atoms with van der Waals surface area (Å²) >= 11 is 1.39. The molecule has 0 aliphatic heterocycles. The average Bonchev–Trinajstić information content (AvgIpc) is 3.20. The Morgan fingerprint density at radius 3 is 2.59 bits per heavy atom. The third kappa shape index (κ3) is 3.84. The average molecular weight is 505 g/mol. The molecule has 178 valence electrons. The quantitative estimate of drug-likeness (QED) is 0.362. The van der Waals surface area contributed by atoms with Gasteiger partial charge in [-0.2, -0.15) is 5.10 Å². The van der Waals surface area contributed by atoms with Crippen LogP contribution in [-0.4, -0.2) is 44.5 Å². The predicted molar refractivity (Wildman–Crippen MR) is 127 cm³/mol. The van der Waals surface area contributed by atoms with Crippen LogP contribution in [0.1, 0.15) is 24.1 Å². The highest BCUT2D eigenvalue weighted by Gasteiger charge is 2.50. The Bertz CT molecular complexity index is 1560. The Balaban J connectivity index is 1.72. The molecular weight excluding hydrogens is 483 g/mol. The minimum absolute atomic E-state index is 0.00328. The summed E-state index contributed by atoms with van der Waals surface area (Å²) in [6.07, 6.45) is 4.08. The topological polar surface area (TPSA) is 112 Å². The van der Waals surface area contributed by atoms with Gasteiger partial charge in [0.2, 0.25) is 10.9 Å². The van der Waals surface area contributed by atoms with E-state index in [1.807, 2.05) is 5.38 Å². The zero-order valence-electron chi connectivity index (χ0n) is 18.1. The summed E-state index contributed by atoms with van der Waals surface area (Å²) < 4.78 is 43.0. The number of hydrogen-bond acceptors (Lipinski definition) is 7. The number of benzene rings is 1. The van der Waals surface area contributed by atoms with Crippen LogP contribution >= 0.6 is 11.3 Å². The van der Waals surface area contributed by atoms with E-state index in [1.165, 1.54) is 34.1 Å². The SMILES string of the molecule is Cn1cc(Cn2c(=O)c3cc(N([SH](=O)=O)C4(CF)CC4)ccc3n(Cc3cscn3)c2=O)cn1. The van der Waals surface area contributed by atoms with E-state index in [2.05, 4.69) is 10.1 Å². The lowest BCUT2D eigenvalue weighted by molar-refractivity contribution is 0.417. The summed E-state index contributed by atoms with van der Waals surface area (Å²) in [5, 5.41) is 6.06. The minimum atomic E-state index is -3.13. The van der Waals surface area contributed by atoms with Gasteiger partial charge in [0.15, 0.2) is 0 Å². The van der Waals surface area contributed by atoms with Crippen LogP contribution in [-0.2, 0) is 31.0 Å². The lowest BCUT2D eigenvalue weighted by atomic mass is 10.2. The Morgan fingerprint density at radius 2 is 2.00 bits per heavy atom. The standard InChI is InChI=1S/C21H21FN6O4S2/c1-25-8-14(7-24-25)9-27-19(29)17-6-16(28(34(31)32)21(12-22)4-5-21)2-3-18(17)26(20(27)30)10-15-11-33-13-23-15/h2-3,6-8,11,13,34H,4-5,9-10,12H2,1H3. The number of halogens is 1. The van der Waals surface area contributed by atoms with Crippen LogP contribution < -0.4 is 15.6 Å². The van der Waals surface area contributed by atoms with E-state index in [9.17, 15) is 22.4 Å². The minimum Gasteiger partial charge on any atom is -0.287 e. The molecule has 1 aliphatic carbocycles. The van der Waals surface area contributed by atoms with E-state index >= 15 is 0 Å². The van der Waals surface area contributed by atoms with E-state index < -0.39 is 34.4 Å². The number of rotatable bonds is 8. The van der Waals surface area contributed by atoms with Gasteiger partial charge >= 0.3 is 5.69 Å². The number of anilines is 1. The van der Waals surface area contributed by atoms with Crippen molar-refractivity contribution in [1.29, 1.82) is 0 Å². The molecule has 0 N–H and O–H groups in total. The van der Waals surface area contributed by atoms with Crippen molar-refractivity contribution >= 4 is 38.8 Å². The second kappa shape index (κ2) is 8.47. The van der Waals surface area contributed by atoms with Gasteiger partial charge in [0.05, 0.1) is 52.6 Å². The van der Waals surface area contributed by atoms with Crippen molar-refractivity contribution in [2.24, 2.45) is 7.05 Å². The first-order valence-electron chi connectivity index (χ1n) is 10.5. The monoisotopic (exact) mass is 504 g/mol. The number of aromatic nitrogens is 5. The molecule has 3 heterocycles. The molecule has 34 heavy (non-hydrogen) atoms. The van der Waals surface area contributed by atoms with Gasteiger partial charge in [0.25, 0.3) is 5.56 Å². The van der Waals surface area contributed by atoms with E-state index in [-0.39, 0.29) is 24.2 Å². The molecule has 3 aromatic heterocycles. The van der Waals surface area contributed by atoms with Crippen LogP contribution in [0.3, 0.4) is 0 Å². The number of hydrogen-bond donors (Lipinski definition) is 1. The van der Waals surface area contributed by atoms with Crippen molar-refractivity contribution < 1.29 is 12.8 Å². The number of aryl methyl sites for hydroxylation is 1. The highest BCUT2D eigenvalue weighted by Crippen LogP contribution is 2.45. The Kier molecular flexibility index (Phi) is 5.60. The Labute approximate surface area is 198 Å². The maximum absolute atomic E-state index is 13.7. The number of alkyl halides is 1. The summed E-state index contributed by atoms with van der Waals surface area (Å²) in [5.74, 6) is 0. The second-order valence-corrected chi connectivity index (χ2v) is 9.97. The molecule has 10 nitrogen and oxygen atoms in total. The summed E-state index contributed by atoms with van der Waals surface area (Å²) in [4.78, 5) is 31.1. The van der Waals surface area contributed by atoms with E-state index in [4.69, 9.17) is 0 Å². The van der Waals surface area contributed by atoms with Crippen molar-refractivity contribution in [2.75, 3.05) is 11.0 Å². The predicted octanol–water partition coefficient (Wildman–Crippen LogP) is 1.28. The van der Waals surface area contributed by atoms with Gasteiger partial charge in [-0.1, -0.05) is 0 Å². The van der Waals surface area contributed by atoms with Crippen LogP contribution in [0.15, 0.2) is 51.1 Å². The molecule has 5 rings (SSSR count). The lowest BCUT2D eigenvalue weighted by Gasteiger charge is -2.26. The number of thiazole rings is 1. The number of thiol groups is 1. The van der Waals surface area contributed by atoms with Gasteiger partial charge in [-0.05, 0) is 31.0 Å². The summed E-state index contributed by atoms with van der Waals surface area (Å²) in [7, 11) is -1.40. The molecule has 0 radical (unpaired) electrons. The summed E-state index contributed by atoms with van der Waals surface area (Å²) in [6.45, 7) is -0.681. The molecular formula is C21H21FN6O4S2. The van der Waals surface area contributed by atoms with Crippen molar-refractivity contribution in [3.8, 4) is 0 Å². The van der Waals surface area contributed by atoms with Gasteiger partial charge in [-0.25, -0.2) is 22.6 Å². The first-order chi connectivity index (χ1) is 16.3. The molecule has 0 atom stereocenters. The maximum Gasteiger partial charge on any atom is 0.332 e. The van der Waals surface area contributed by atoms with Crippen LogP contribution in [0.5, 0.6) is 0 Å². The second-order valence-electron chi connectivity index (χ2n) is 8.37. The van der Waals surface area contributed by atoms with Gasteiger partial charge in [0.1, 0.15) is 6.67 Å². The number of fused-ring (bicyclic) bond motifs is 1. The largest absolute Gasteiger partial charge is 0.332 e.